The number of rotatable bonds is 1. The average molecular weight is 287 g/mol. The van der Waals surface area contributed by atoms with Crippen LogP contribution in [0.15, 0.2) is 41.0 Å². The minimum atomic E-state index is 0.848. The van der Waals surface area contributed by atoms with Crippen LogP contribution in [0.4, 0.5) is 0 Å². The van der Waals surface area contributed by atoms with Crippen molar-refractivity contribution in [2.24, 2.45) is 0 Å². The van der Waals surface area contributed by atoms with Gasteiger partial charge in [0, 0.05) is 16.5 Å². The Morgan fingerprint density at radius 3 is 2.18 bits per heavy atom. The number of benzene rings is 1. The first kappa shape index (κ1) is 10.7. The lowest BCUT2D eigenvalue weighted by Crippen LogP contribution is -1.90. The molecule has 0 bridgehead atoms. The fourth-order valence-electron chi connectivity index (χ4n) is 1.98. The molecule has 0 aliphatic rings. The molecule has 0 unspecified atom stereocenters. The summed E-state index contributed by atoms with van der Waals surface area (Å²) >= 11 is 3.41. The molecule has 2 heterocycles. The molecule has 1 aromatic carbocycles. The summed E-state index contributed by atoms with van der Waals surface area (Å²) in [5, 5.41) is 2.27. The first-order chi connectivity index (χ1) is 8.28. The summed E-state index contributed by atoms with van der Waals surface area (Å²) in [6.07, 6.45) is 0.945. The van der Waals surface area contributed by atoms with Gasteiger partial charge in [0.25, 0.3) is 0 Å². The van der Waals surface area contributed by atoms with E-state index in [2.05, 4.69) is 63.2 Å². The van der Waals surface area contributed by atoms with E-state index in [1.54, 1.807) is 0 Å². The largest absolute Gasteiger partial charge is 0.251 e. The van der Waals surface area contributed by atoms with Gasteiger partial charge in [-0.05, 0) is 34.5 Å². The third-order valence-corrected chi connectivity index (χ3v) is 3.35. The van der Waals surface area contributed by atoms with Crippen LogP contribution in [0.25, 0.3) is 21.8 Å². The van der Waals surface area contributed by atoms with Gasteiger partial charge in [-0.15, -0.1) is 0 Å². The van der Waals surface area contributed by atoms with E-state index < -0.39 is 0 Å². The molecular weight excluding hydrogens is 276 g/mol. The average Bonchev–Trinajstić information content (AvgIpc) is 2.38. The monoisotopic (exact) mass is 286 g/mol. The zero-order chi connectivity index (χ0) is 11.8. The van der Waals surface area contributed by atoms with Crippen LogP contribution in [0, 0.1) is 0 Å². The van der Waals surface area contributed by atoms with Crippen molar-refractivity contribution in [3.63, 3.8) is 0 Å². The number of aromatic nitrogens is 2. The summed E-state index contributed by atoms with van der Waals surface area (Å²) in [7, 11) is 0. The Morgan fingerprint density at radius 2 is 1.47 bits per heavy atom. The Balaban J connectivity index is 2.47. The third-order valence-electron chi connectivity index (χ3n) is 2.91. The van der Waals surface area contributed by atoms with E-state index in [-0.39, 0.29) is 0 Å². The second-order valence-corrected chi connectivity index (χ2v) is 4.81. The van der Waals surface area contributed by atoms with E-state index in [1.165, 1.54) is 0 Å². The molecule has 0 N–H and O–H groups in total. The van der Waals surface area contributed by atoms with Gasteiger partial charge in [-0.25, -0.2) is 4.98 Å². The second kappa shape index (κ2) is 4.08. The van der Waals surface area contributed by atoms with Crippen LogP contribution >= 0.6 is 15.9 Å². The summed E-state index contributed by atoms with van der Waals surface area (Å²) in [5.41, 5.74) is 3.06. The highest BCUT2D eigenvalue weighted by Gasteiger charge is 2.04. The topological polar surface area (TPSA) is 25.8 Å². The Labute approximate surface area is 108 Å². The number of fused-ring (bicyclic) bond motifs is 3. The molecule has 2 aromatic heterocycles. The molecule has 0 spiro atoms. The van der Waals surface area contributed by atoms with Gasteiger partial charge in [-0.1, -0.05) is 31.2 Å². The number of pyridine rings is 2. The third kappa shape index (κ3) is 1.80. The smallest absolute Gasteiger partial charge is 0.106 e. The first-order valence-corrected chi connectivity index (χ1v) is 6.42. The molecule has 84 valence electrons. The van der Waals surface area contributed by atoms with E-state index >= 15 is 0 Å². The maximum atomic E-state index is 4.68. The Kier molecular flexibility index (Phi) is 2.56. The van der Waals surface area contributed by atoms with Gasteiger partial charge in [-0.3, -0.25) is 4.98 Å². The predicted octanol–water partition coefficient (Wildman–Crippen LogP) is 4.11. The molecule has 0 radical (unpaired) electrons. The summed E-state index contributed by atoms with van der Waals surface area (Å²) in [4.78, 5) is 9.21. The SMILES string of the molecule is CCc1ccc2ccc3ccc(Br)nc3c2n1. The normalized spacial score (nSPS) is 11.2. The van der Waals surface area contributed by atoms with Gasteiger partial charge < -0.3 is 0 Å². The van der Waals surface area contributed by atoms with Gasteiger partial charge in [0.1, 0.15) is 4.60 Å². The zero-order valence-electron chi connectivity index (χ0n) is 9.44. The fourth-order valence-corrected chi connectivity index (χ4v) is 2.29. The number of aryl methyl sites for hydroxylation is 1. The molecule has 3 heteroatoms. The van der Waals surface area contributed by atoms with Crippen LogP contribution in [-0.2, 0) is 6.42 Å². The number of hydrogen-bond donors (Lipinski definition) is 0. The van der Waals surface area contributed by atoms with E-state index in [9.17, 15) is 0 Å². The lowest BCUT2D eigenvalue weighted by Gasteiger charge is -2.04. The first-order valence-electron chi connectivity index (χ1n) is 5.63. The lowest BCUT2D eigenvalue weighted by molar-refractivity contribution is 1.06. The van der Waals surface area contributed by atoms with Crippen molar-refractivity contribution in [1.82, 2.24) is 9.97 Å². The highest BCUT2D eigenvalue weighted by atomic mass is 79.9. The van der Waals surface area contributed by atoms with Crippen molar-refractivity contribution in [2.75, 3.05) is 0 Å². The minimum absolute atomic E-state index is 0.848. The van der Waals surface area contributed by atoms with Crippen LogP contribution in [-0.4, -0.2) is 9.97 Å². The molecule has 0 aliphatic carbocycles. The summed E-state index contributed by atoms with van der Waals surface area (Å²) in [6, 6.07) is 12.4. The zero-order valence-corrected chi connectivity index (χ0v) is 11.0. The van der Waals surface area contributed by atoms with Crippen LogP contribution in [0.2, 0.25) is 0 Å². The van der Waals surface area contributed by atoms with Crippen molar-refractivity contribution in [3.8, 4) is 0 Å². The van der Waals surface area contributed by atoms with Gasteiger partial charge in [-0.2, -0.15) is 0 Å². The van der Waals surface area contributed by atoms with Crippen LogP contribution in [0.1, 0.15) is 12.6 Å². The molecular formula is C14H11BrN2. The summed E-state index contributed by atoms with van der Waals surface area (Å²) < 4.78 is 0.848. The van der Waals surface area contributed by atoms with Crippen LogP contribution in [0.5, 0.6) is 0 Å². The molecule has 2 nitrogen and oxygen atoms in total. The Hall–Kier alpha value is -1.48. The second-order valence-electron chi connectivity index (χ2n) is 4.00. The van der Waals surface area contributed by atoms with Crippen molar-refractivity contribution in [2.45, 2.75) is 13.3 Å². The van der Waals surface area contributed by atoms with Crippen LogP contribution < -0.4 is 0 Å². The molecule has 0 fully saturated rings. The Morgan fingerprint density at radius 1 is 0.882 bits per heavy atom. The molecule has 3 rings (SSSR count). The van der Waals surface area contributed by atoms with E-state index in [0.717, 1.165) is 38.5 Å². The summed E-state index contributed by atoms with van der Waals surface area (Å²) in [5.74, 6) is 0. The quantitative estimate of drug-likeness (QED) is 0.497. The van der Waals surface area contributed by atoms with Crippen molar-refractivity contribution in [3.05, 3.63) is 46.7 Å². The lowest BCUT2D eigenvalue weighted by atomic mass is 10.1. The molecule has 17 heavy (non-hydrogen) atoms. The van der Waals surface area contributed by atoms with E-state index in [0.29, 0.717) is 0 Å². The standard InChI is InChI=1S/C14H11BrN2/c1-2-11-7-5-9-3-4-10-6-8-12(15)17-14(10)13(9)16-11/h3-8H,2H2,1H3. The minimum Gasteiger partial charge on any atom is -0.251 e. The molecule has 0 saturated carbocycles. The molecule has 0 amide bonds. The molecule has 3 aromatic rings. The maximum Gasteiger partial charge on any atom is 0.106 e. The molecule has 0 saturated heterocycles. The van der Waals surface area contributed by atoms with Crippen molar-refractivity contribution >= 4 is 37.7 Å². The van der Waals surface area contributed by atoms with Crippen LogP contribution in [0.3, 0.4) is 0 Å². The molecule has 0 aliphatic heterocycles. The maximum absolute atomic E-state index is 4.68. The van der Waals surface area contributed by atoms with Crippen molar-refractivity contribution < 1.29 is 0 Å². The van der Waals surface area contributed by atoms with E-state index in [4.69, 9.17) is 0 Å². The highest BCUT2D eigenvalue weighted by molar-refractivity contribution is 9.10. The summed E-state index contributed by atoms with van der Waals surface area (Å²) in [6.45, 7) is 2.11. The van der Waals surface area contributed by atoms with Gasteiger partial charge in [0.05, 0.1) is 11.0 Å². The molecule has 0 atom stereocenters. The number of nitrogens with zero attached hydrogens (tertiary/aromatic N) is 2. The Bertz CT molecular complexity index is 707. The number of hydrogen-bond acceptors (Lipinski definition) is 2. The van der Waals surface area contributed by atoms with Gasteiger partial charge in [0.2, 0.25) is 0 Å². The predicted molar refractivity (Wildman–Crippen MR) is 74.1 cm³/mol. The van der Waals surface area contributed by atoms with Gasteiger partial charge >= 0.3 is 0 Å². The van der Waals surface area contributed by atoms with Crippen molar-refractivity contribution in [1.29, 1.82) is 0 Å². The fraction of sp³-hybridized carbons (Fsp3) is 0.143. The van der Waals surface area contributed by atoms with Gasteiger partial charge in [0.15, 0.2) is 0 Å². The van der Waals surface area contributed by atoms with E-state index in [1.807, 2.05) is 6.07 Å². The highest BCUT2D eigenvalue weighted by Crippen LogP contribution is 2.24. The number of halogens is 1.